The van der Waals surface area contributed by atoms with Crippen molar-refractivity contribution < 1.29 is 9.64 Å². The molecule has 1 aromatic heterocycles. The summed E-state index contributed by atoms with van der Waals surface area (Å²) >= 11 is 1.92. The van der Waals surface area contributed by atoms with Gasteiger partial charge in [-0.1, -0.05) is 18.2 Å². The molecule has 1 aliphatic rings. The Kier molecular flexibility index (Phi) is 4.33. The molecule has 0 unspecified atom stereocenters. The van der Waals surface area contributed by atoms with Gasteiger partial charge in [-0.05, 0) is 12.1 Å². The van der Waals surface area contributed by atoms with Crippen LogP contribution in [0.15, 0.2) is 41.4 Å². The summed E-state index contributed by atoms with van der Waals surface area (Å²) in [5, 5.41) is 1.23. The molecule has 0 saturated carbocycles. The van der Waals surface area contributed by atoms with Crippen molar-refractivity contribution in [2.45, 2.75) is 4.90 Å². The van der Waals surface area contributed by atoms with E-state index in [1.807, 2.05) is 24.0 Å². The lowest BCUT2D eigenvalue weighted by Crippen LogP contribution is -3.14. The van der Waals surface area contributed by atoms with Gasteiger partial charge in [0.05, 0.1) is 25.3 Å². The maximum atomic E-state index is 5.38. The van der Waals surface area contributed by atoms with Gasteiger partial charge in [-0.3, -0.25) is 4.98 Å². The zero-order valence-corrected chi connectivity index (χ0v) is 11.8. The van der Waals surface area contributed by atoms with Crippen LogP contribution in [0.2, 0.25) is 0 Å². The minimum atomic E-state index is 0.913. The lowest BCUT2D eigenvalue weighted by atomic mass is 10.2. The second kappa shape index (κ2) is 6.37. The van der Waals surface area contributed by atoms with Crippen molar-refractivity contribution >= 4 is 22.7 Å². The van der Waals surface area contributed by atoms with Gasteiger partial charge in [-0.15, -0.1) is 11.8 Å². The van der Waals surface area contributed by atoms with E-state index in [0.29, 0.717) is 0 Å². The van der Waals surface area contributed by atoms with Gasteiger partial charge in [0.2, 0.25) is 0 Å². The molecular formula is C15H19N2OS+. The number of para-hydroxylation sites is 1. The van der Waals surface area contributed by atoms with E-state index in [9.17, 15) is 0 Å². The highest BCUT2D eigenvalue weighted by Gasteiger charge is 2.13. The maximum absolute atomic E-state index is 5.38. The van der Waals surface area contributed by atoms with Crippen molar-refractivity contribution in [3.05, 3.63) is 36.5 Å². The topological polar surface area (TPSA) is 26.6 Å². The van der Waals surface area contributed by atoms with Gasteiger partial charge in [-0.2, -0.15) is 0 Å². The van der Waals surface area contributed by atoms with Gasteiger partial charge in [0.25, 0.3) is 0 Å². The molecule has 19 heavy (non-hydrogen) atoms. The summed E-state index contributed by atoms with van der Waals surface area (Å²) in [5.74, 6) is 1.14. The molecule has 1 aliphatic heterocycles. The number of pyridine rings is 1. The summed E-state index contributed by atoms with van der Waals surface area (Å²) in [4.78, 5) is 7.46. The molecule has 0 bridgehead atoms. The molecule has 0 radical (unpaired) electrons. The number of nitrogens with zero attached hydrogens (tertiary/aromatic N) is 1. The number of hydrogen-bond donors (Lipinski definition) is 1. The quantitative estimate of drug-likeness (QED) is 0.851. The van der Waals surface area contributed by atoms with E-state index in [4.69, 9.17) is 4.74 Å². The Morgan fingerprint density at radius 2 is 2.00 bits per heavy atom. The average molecular weight is 275 g/mol. The Morgan fingerprint density at radius 3 is 2.89 bits per heavy atom. The minimum absolute atomic E-state index is 0.913. The number of hydrogen-bond acceptors (Lipinski definition) is 3. The fraction of sp³-hybridized carbons (Fsp3) is 0.400. The van der Waals surface area contributed by atoms with Crippen LogP contribution >= 0.6 is 11.8 Å². The Balaban J connectivity index is 1.62. The second-order valence-corrected chi connectivity index (χ2v) is 5.93. The highest BCUT2D eigenvalue weighted by atomic mass is 32.2. The van der Waals surface area contributed by atoms with Gasteiger partial charge in [-0.25, -0.2) is 0 Å². The normalized spacial score (nSPS) is 16.8. The zero-order valence-electron chi connectivity index (χ0n) is 11.0. The average Bonchev–Trinajstić information content (AvgIpc) is 2.49. The fourth-order valence-electron chi connectivity index (χ4n) is 2.41. The summed E-state index contributed by atoms with van der Waals surface area (Å²) in [6, 6.07) is 10.5. The summed E-state index contributed by atoms with van der Waals surface area (Å²) in [7, 11) is 0. The second-order valence-electron chi connectivity index (χ2n) is 4.79. The van der Waals surface area contributed by atoms with Gasteiger partial charge < -0.3 is 9.64 Å². The molecule has 1 N–H and O–H groups in total. The van der Waals surface area contributed by atoms with E-state index in [2.05, 4.69) is 29.2 Å². The molecule has 1 aromatic carbocycles. The summed E-state index contributed by atoms with van der Waals surface area (Å²) in [5.41, 5.74) is 1.13. The Bertz CT molecular complexity index is 535. The molecule has 3 nitrogen and oxygen atoms in total. The maximum Gasteiger partial charge on any atom is 0.101 e. The van der Waals surface area contributed by atoms with E-state index in [1.165, 1.54) is 16.8 Å². The van der Waals surface area contributed by atoms with Crippen molar-refractivity contribution in [3.63, 3.8) is 0 Å². The molecule has 1 saturated heterocycles. The molecule has 2 heterocycles. The van der Waals surface area contributed by atoms with Gasteiger partial charge >= 0.3 is 0 Å². The van der Waals surface area contributed by atoms with Gasteiger partial charge in [0, 0.05) is 22.2 Å². The smallest absolute Gasteiger partial charge is 0.101 e. The number of fused-ring (bicyclic) bond motifs is 1. The molecular weight excluding hydrogens is 256 g/mol. The molecule has 2 aromatic rings. The van der Waals surface area contributed by atoms with Crippen molar-refractivity contribution in [2.24, 2.45) is 0 Å². The van der Waals surface area contributed by atoms with E-state index >= 15 is 0 Å². The number of ether oxygens (including phenoxy) is 1. The zero-order chi connectivity index (χ0) is 12.9. The molecule has 4 heteroatoms. The van der Waals surface area contributed by atoms with Crippen LogP contribution in [0, 0.1) is 0 Å². The number of thioether (sulfide) groups is 1. The van der Waals surface area contributed by atoms with Crippen molar-refractivity contribution in [3.8, 4) is 0 Å². The van der Waals surface area contributed by atoms with E-state index in [1.54, 1.807) is 4.90 Å². The Labute approximate surface area is 118 Å². The molecule has 0 spiro atoms. The minimum Gasteiger partial charge on any atom is -0.370 e. The highest BCUT2D eigenvalue weighted by molar-refractivity contribution is 7.99. The number of morpholine rings is 1. The highest BCUT2D eigenvalue weighted by Crippen LogP contribution is 2.25. The third-order valence-electron chi connectivity index (χ3n) is 3.51. The van der Waals surface area contributed by atoms with Crippen LogP contribution in [0.5, 0.6) is 0 Å². The first-order valence-corrected chi connectivity index (χ1v) is 7.80. The predicted octanol–water partition coefficient (Wildman–Crippen LogP) is 1.24. The van der Waals surface area contributed by atoms with Crippen LogP contribution in [0.3, 0.4) is 0 Å². The van der Waals surface area contributed by atoms with Gasteiger partial charge in [0.1, 0.15) is 13.1 Å². The van der Waals surface area contributed by atoms with Crippen LogP contribution in [-0.4, -0.2) is 43.6 Å². The summed E-state index contributed by atoms with van der Waals surface area (Å²) in [6.45, 7) is 5.32. The number of nitrogens with one attached hydrogen (secondary N) is 1. The Morgan fingerprint density at radius 1 is 1.16 bits per heavy atom. The van der Waals surface area contributed by atoms with Gasteiger partial charge in [0.15, 0.2) is 0 Å². The first-order valence-electron chi connectivity index (χ1n) is 6.81. The lowest BCUT2D eigenvalue weighted by molar-refractivity contribution is -0.905. The Hall–Kier alpha value is -1.10. The number of aromatic nitrogens is 1. The van der Waals surface area contributed by atoms with Crippen LogP contribution in [0.25, 0.3) is 10.9 Å². The van der Waals surface area contributed by atoms with Crippen LogP contribution < -0.4 is 4.90 Å². The molecule has 1 fully saturated rings. The van der Waals surface area contributed by atoms with E-state index in [0.717, 1.165) is 37.6 Å². The third kappa shape index (κ3) is 3.26. The predicted molar refractivity (Wildman–Crippen MR) is 78.8 cm³/mol. The van der Waals surface area contributed by atoms with Crippen LogP contribution in [0.4, 0.5) is 0 Å². The summed E-state index contributed by atoms with van der Waals surface area (Å²) in [6.07, 6.45) is 1.87. The third-order valence-corrected chi connectivity index (χ3v) is 4.56. The first kappa shape index (κ1) is 12.9. The molecule has 0 aliphatic carbocycles. The van der Waals surface area contributed by atoms with Crippen molar-refractivity contribution in [1.82, 2.24) is 4.98 Å². The lowest BCUT2D eigenvalue weighted by Gasteiger charge is -2.23. The van der Waals surface area contributed by atoms with Crippen LogP contribution in [0.1, 0.15) is 0 Å². The van der Waals surface area contributed by atoms with E-state index < -0.39 is 0 Å². The number of rotatable bonds is 4. The van der Waals surface area contributed by atoms with Crippen LogP contribution in [-0.2, 0) is 4.74 Å². The van der Waals surface area contributed by atoms with E-state index in [-0.39, 0.29) is 0 Å². The summed E-state index contributed by atoms with van der Waals surface area (Å²) < 4.78 is 5.38. The first-order chi connectivity index (χ1) is 9.43. The monoisotopic (exact) mass is 275 g/mol. The van der Waals surface area contributed by atoms with Crippen molar-refractivity contribution in [1.29, 1.82) is 0 Å². The molecule has 0 atom stereocenters. The van der Waals surface area contributed by atoms with Crippen molar-refractivity contribution in [2.75, 3.05) is 38.6 Å². The molecule has 0 amide bonds. The molecule has 3 rings (SSSR count). The standard InChI is InChI=1S/C15H18N2OS/c1-3-13-4-2-6-16-15(13)14(5-1)19-12-9-17-7-10-18-11-8-17/h1-6H,7-12H2/p+1. The SMILES string of the molecule is c1cnc2c(SCC[NH+]3CCOCC3)cccc2c1. The fourth-order valence-corrected chi connectivity index (χ4v) is 3.50. The number of benzene rings is 1. The number of quaternary nitrogens is 1. The largest absolute Gasteiger partial charge is 0.370 e. The molecule has 100 valence electrons.